The molecule has 0 unspecified atom stereocenters. The van der Waals surface area contributed by atoms with Crippen molar-refractivity contribution in [2.24, 2.45) is 0 Å². The van der Waals surface area contributed by atoms with Crippen molar-refractivity contribution in [2.45, 2.75) is 19.9 Å². The summed E-state index contributed by atoms with van der Waals surface area (Å²) in [5.41, 5.74) is 3.09. The Labute approximate surface area is 182 Å². The molecule has 2 aliphatic rings. The SMILES string of the molecule is COCCCN1COc2cc(C)c3c(c2C1)O/C(=C\c1ccc(OC)cc1OC)C3=O. The van der Waals surface area contributed by atoms with Gasteiger partial charge in [-0.05, 0) is 43.2 Å². The fraction of sp³-hybridized carbons (Fsp3) is 0.375. The lowest BCUT2D eigenvalue weighted by atomic mass is 9.98. The van der Waals surface area contributed by atoms with Gasteiger partial charge < -0.3 is 23.7 Å². The van der Waals surface area contributed by atoms with E-state index in [1.807, 2.05) is 25.1 Å². The first kappa shape index (κ1) is 21.2. The van der Waals surface area contributed by atoms with Crippen molar-refractivity contribution in [3.63, 3.8) is 0 Å². The molecule has 0 atom stereocenters. The summed E-state index contributed by atoms with van der Waals surface area (Å²) in [6.07, 6.45) is 2.62. The minimum absolute atomic E-state index is 0.135. The molecule has 2 aliphatic heterocycles. The Morgan fingerprint density at radius 2 is 2.00 bits per heavy atom. The van der Waals surface area contributed by atoms with Crippen molar-refractivity contribution in [3.8, 4) is 23.0 Å². The topological polar surface area (TPSA) is 66.5 Å². The van der Waals surface area contributed by atoms with Gasteiger partial charge in [0.05, 0.1) is 25.3 Å². The monoisotopic (exact) mass is 425 g/mol. The van der Waals surface area contributed by atoms with Gasteiger partial charge in [0, 0.05) is 38.4 Å². The van der Waals surface area contributed by atoms with Gasteiger partial charge in [0.25, 0.3) is 0 Å². The zero-order valence-electron chi connectivity index (χ0n) is 18.3. The van der Waals surface area contributed by atoms with E-state index < -0.39 is 0 Å². The highest BCUT2D eigenvalue weighted by atomic mass is 16.5. The van der Waals surface area contributed by atoms with Crippen LogP contribution in [0, 0.1) is 6.92 Å². The van der Waals surface area contributed by atoms with E-state index >= 15 is 0 Å². The zero-order chi connectivity index (χ0) is 22.0. The molecule has 4 rings (SSSR count). The number of hydrogen-bond acceptors (Lipinski definition) is 7. The van der Waals surface area contributed by atoms with Gasteiger partial charge in [-0.3, -0.25) is 9.69 Å². The Morgan fingerprint density at radius 3 is 2.74 bits per heavy atom. The summed E-state index contributed by atoms with van der Waals surface area (Å²) in [6.45, 7) is 4.62. The molecule has 0 fully saturated rings. The summed E-state index contributed by atoms with van der Waals surface area (Å²) in [7, 11) is 4.88. The van der Waals surface area contributed by atoms with E-state index in [4.69, 9.17) is 23.7 Å². The van der Waals surface area contributed by atoms with Crippen LogP contribution in [0.3, 0.4) is 0 Å². The maximum Gasteiger partial charge on any atom is 0.232 e. The fourth-order valence-corrected chi connectivity index (χ4v) is 3.93. The van der Waals surface area contributed by atoms with Crippen molar-refractivity contribution in [1.82, 2.24) is 4.90 Å². The van der Waals surface area contributed by atoms with E-state index in [0.717, 1.165) is 35.4 Å². The molecule has 31 heavy (non-hydrogen) atoms. The maximum absolute atomic E-state index is 13.2. The maximum atomic E-state index is 13.2. The average Bonchev–Trinajstić information content (AvgIpc) is 3.11. The minimum Gasteiger partial charge on any atom is -0.497 e. The van der Waals surface area contributed by atoms with Crippen LogP contribution < -0.4 is 18.9 Å². The van der Waals surface area contributed by atoms with Gasteiger partial charge in [0.1, 0.15) is 29.7 Å². The van der Waals surface area contributed by atoms with Gasteiger partial charge in [0.15, 0.2) is 5.76 Å². The van der Waals surface area contributed by atoms with Crippen LogP contribution in [0.1, 0.15) is 33.5 Å². The second-order valence-electron chi connectivity index (χ2n) is 7.59. The van der Waals surface area contributed by atoms with Gasteiger partial charge in [-0.1, -0.05) is 0 Å². The van der Waals surface area contributed by atoms with Crippen molar-refractivity contribution in [2.75, 3.05) is 41.2 Å². The molecule has 164 valence electrons. The molecular weight excluding hydrogens is 398 g/mol. The van der Waals surface area contributed by atoms with Gasteiger partial charge >= 0.3 is 0 Å². The number of methoxy groups -OCH3 is 3. The highest BCUT2D eigenvalue weighted by Crippen LogP contribution is 2.44. The van der Waals surface area contributed by atoms with E-state index in [1.165, 1.54) is 0 Å². The summed E-state index contributed by atoms with van der Waals surface area (Å²) >= 11 is 0. The number of ether oxygens (including phenoxy) is 5. The number of rotatable bonds is 7. The van der Waals surface area contributed by atoms with E-state index in [2.05, 4.69) is 4.90 Å². The third-order valence-corrected chi connectivity index (χ3v) is 5.54. The molecule has 2 aromatic carbocycles. The summed E-state index contributed by atoms with van der Waals surface area (Å²) < 4.78 is 27.9. The number of Topliss-reactive ketones (excluding diaryl/α,β-unsaturated/α-hetero) is 1. The molecule has 0 spiro atoms. The molecule has 0 saturated heterocycles. The lowest BCUT2D eigenvalue weighted by Crippen LogP contribution is -2.33. The number of carbonyl (C=O) groups excluding carboxylic acids is 1. The predicted octanol–water partition coefficient (Wildman–Crippen LogP) is 3.82. The Kier molecular flexibility index (Phi) is 6.15. The van der Waals surface area contributed by atoms with Crippen LogP contribution in [0.4, 0.5) is 0 Å². The highest BCUT2D eigenvalue weighted by molar-refractivity contribution is 6.16. The van der Waals surface area contributed by atoms with Gasteiger partial charge in [-0.25, -0.2) is 0 Å². The molecular formula is C24H27NO6. The van der Waals surface area contributed by atoms with Gasteiger partial charge in [-0.2, -0.15) is 0 Å². The van der Waals surface area contributed by atoms with Crippen LogP contribution in [0.15, 0.2) is 30.0 Å². The molecule has 0 aromatic heterocycles. The number of benzene rings is 2. The summed E-state index contributed by atoms with van der Waals surface area (Å²) in [5, 5.41) is 0. The van der Waals surface area contributed by atoms with Crippen LogP contribution in [0.5, 0.6) is 23.0 Å². The molecule has 0 radical (unpaired) electrons. The number of allylic oxidation sites excluding steroid dienone is 1. The number of nitrogens with zero attached hydrogens (tertiary/aromatic N) is 1. The zero-order valence-corrected chi connectivity index (χ0v) is 18.3. The Bertz CT molecular complexity index is 1030. The fourth-order valence-electron chi connectivity index (χ4n) is 3.93. The van der Waals surface area contributed by atoms with Crippen molar-refractivity contribution in [1.29, 1.82) is 0 Å². The first-order chi connectivity index (χ1) is 15.0. The van der Waals surface area contributed by atoms with Gasteiger partial charge in [-0.15, -0.1) is 0 Å². The van der Waals surface area contributed by atoms with E-state index in [9.17, 15) is 4.79 Å². The number of hydrogen-bond donors (Lipinski definition) is 0. The average molecular weight is 425 g/mol. The normalized spacial score (nSPS) is 16.5. The first-order valence-corrected chi connectivity index (χ1v) is 10.2. The third kappa shape index (κ3) is 4.11. The van der Waals surface area contributed by atoms with Crippen LogP contribution in [0.25, 0.3) is 6.08 Å². The van der Waals surface area contributed by atoms with E-state index in [-0.39, 0.29) is 11.5 Å². The number of aryl methyl sites for hydroxylation is 1. The predicted molar refractivity (Wildman–Crippen MR) is 116 cm³/mol. The van der Waals surface area contributed by atoms with Gasteiger partial charge in [0.2, 0.25) is 5.78 Å². The van der Waals surface area contributed by atoms with Crippen LogP contribution in [0.2, 0.25) is 0 Å². The molecule has 7 nitrogen and oxygen atoms in total. The van der Waals surface area contributed by atoms with E-state index in [0.29, 0.717) is 42.7 Å². The number of fused-ring (bicyclic) bond motifs is 3. The highest BCUT2D eigenvalue weighted by Gasteiger charge is 2.35. The van der Waals surface area contributed by atoms with Crippen LogP contribution in [-0.2, 0) is 11.3 Å². The molecule has 7 heteroatoms. The first-order valence-electron chi connectivity index (χ1n) is 10.2. The van der Waals surface area contributed by atoms with Crippen molar-refractivity contribution >= 4 is 11.9 Å². The van der Waals surface area contributed by atoms with E-state index in [1.54, 1.807) is 33.5 Å². The summed E-state index contributed by atoms with van der Waals surface area (Å²) in [6, 6.07) is 7.37. The second-order valence-corrected chi connectivity index (χ2v) is 7.59. The number of ketones is 1. The molecule has 0 aliphatic carbocycles. The van der Waals surface area contributed by atoms with Crippen molar-refractivity contribution < 1.29 is 28.5 Å². The summed E-state index contributed by atoms with van der Waals surface area (Å²) in [5.74, 6) is 2.78. The Balaban J connectivity index is 1.66. The van der Waals surface area contributed by atoms with Crippen LogP contribution in [-0.4, -0.2) is 51.9 Å². The molecule has 2 aromatic rings. The van der Waals surface area contributed by atoms with Crippen molar-refractivity contribution in [3.05, 3.63) is 52.3 Å². The Morgan fingerprint density at radius 1 is 1.16 bits per heavy atom. The molecule has 2 heterocycles. The van der Waals surface area contributed by atoms with Crippen LogP contribution >= 0.6 is 0 Å². The molecule has 0 N–H and O–H groups in total. The molecule has 0 saturated carbocycles. The smallest absolute Gasteiger partial charge is 0.232 e. The lowest BCUT2D eigenvalue weighted by Gasteiger charge is -2.30. The largest absolute Gasteiger partial charge is 0.497 e. The second kappa shape index (κ2) is 8.99. The number of carbonyl (C=O) groups is 1. The third-order valence-electron chi connectivity index (χ3n) is 5.54. The standard InChI is InChI=1S/C24H27NO6/c1-15-10-20-18(13-25(14-30-20)8-5-9-27-2)24-22(15)23(26)21(31-24)11-16-6-7-17(28-3)12-19(16)29-4/h6-7,10-12H,5,8-9,13-14H2,1-4H3/b21-11-. The quantitative estimate of drug-likeness (QED) is 0.494. The molecule has 0 bridgehead atoms. The lowest BCUT2D eigenvalue weighted by molar-refractivity contribution is 0.0822. The minimum atomic E-state index is -0.135. The Hall–Kier alpha value is -3.03. The summed E-state index contributed by atoms with van der Waals surface area (Å²) in [4.78, 5) is 15.4. The molecule has 0 amide bonds.